The SMILES string of the molecule is COc1ccc(C(=O)N/N=C\c2ccc(OCC(=O)Nc3ccc(I)cc3)cc2)cc1. The fourth-order valence-corrected chi connectivity index (χ4v) is 2.86. The number of methoxy groups -OCH3 is 1. The molecule has 0 aliphatic rings. The molecule has 2 amide bonds. The first-order chi connectivity index (χ1) is 15.0. The van der Waals surface area contributed by atoms with Crippen LogP contribution in [0.3, 0.4) is 0 Å². The Labute approximate surface area is 193 Å². The molecule has 3 rings (SSSR count). The first-order valence-corrected chi connectivity index (χ1v) is 10.4. The van der Waals surface area contributed by atoms with Crippen molar-refractivity contribution >= 4 is 46.3 Å². The van der Waals surface area contributed by atoms with E-state index in [0.717, 1.165) is 14.8 Å². The van der Waals surface area contributed by atoms with E-state index < -0.39 is 0 Å². The molecule has 0 radical (unpaired) electrons. The van der Waals surface area contributed by atoms with E-state index in [4.69, 9.17) is 9.47 Å². The molecular formula is C23H20IN3O4. The van der Waals surface area contributed by atoms with Crippen molar-refractivity contribution in [3.05, 3.63) is 87.5 Å². The molecule has 0 aliphatic carbocycles. The van der Waals surface area contributed by atoms with Crippen LogP contribution in [0.4, 0.5) is 5.69 Å². The number of halogens is 1. The van der Waals surface area contributed by atoms with Crippen LogP contribution in [0.5, 0.6) is 11.5 Å². The van der Waals surface area contributed by atoms with Gasteiger partial charge in [0.1, 0.15) is 11.5 Å². The van der Waals surface area contributed by atoms with E-state index in [2.05, 4.69) is 38.4 Å². The number of hydrogen-bond donors (Lipinski definition) is 2. The Kier molecular flexibility index (Phi) is 7.99. The number of nitrogens with zero attached hydrogens (tertiary/aromatic N) is 1. The maximum Gasteiger partial charge on any atom is 0.271 e. The van der Waals surface area contributed by atoms with Crippen molar-refractivity contribution in [2.75, 3.05) is 19.0 Å². The van der Waals surface area contributed by atoms with E-state index in [1.54, 1.807) is 55.6 Å². The number of benzene rings is 3. The second kappa shape index (κ2) is 11.1. The summed E-state index contributed by atoms with van der Waals surface area (Å²) in [5, 5.41) is 6.73. The zero-order valence-corrected chi connectivity index (χ0v) is 18.8. The Morgan fingerprint density at radius 3 is 2.23 bits per heavy atom. The van der Waals surface area contributed by atoms with Gasteiger partial charge in [0.25, 0.3) is 11.8 Å². The smallest absolute Gasteiger partial charge is 0.271 e. The van der Waals surface area contributed by atoms with Crippen molar-refractivity contribution in [2.45, 2.75) is 0 Å². The Morgan fingerprint density at radius 2 is 1.58 bits per heavy atom. The summed E-state index contributed by atoms with van der Waals surface area (Å²) in [7, 11) is 1.57. The highest BCUT2D eigenvalue weighted by Gasteiger charge is 2.05. The van der Waals surface area contributed by atoms with Crippen LogP contribution in [0.1, 0.15) is 15.9 Å². The Hall–Kier alpha value is -3.40. The van der Waals surface area contributed by atoms with E-state index in [-0.39, 0.29) is 18.4 Å². The Bertz CT molecular complexity index is 1050. The van der Waals surface area contributed by atoms with Gasteiger partial charge in [0.2, 0.25) is 0 Å². The molecule has 0 unspecified atom stereocenters. The van der Waals surface area contributed by atoms with E-state index in [9.17, 15) is 9.59 Å². The summed E-state index contributed by atoms with van der Waals surface area (Å²) in [4.78, 5) is 24.1. The summed E-state index contributed by atoms with van der Waals surface area (Å²) in [6, 6.07) is 21.2. The van der Waals surface area contributed by atoms with Crippen molar-refractivity contribution in [1.82, 2.24) is 5.43 Å². The van der Waals surface area contributed by atoms with Gasteiger partial charge in [-0.25, -0.2) is 5.43 Å². The zero-order valence-electron chi connectivity index (χ0n) is 16.7. The maximum atomic E-state index is 12.1. The largest absolute Gasteiger partial charge is 0.497 e. The lowest BCUT2D eigenvalue weighted by atomic mass is 10.2. The fourth-order valence-electron chi connectivity index (χ4n) is 2.50. The van der Waals surface area contributed by atoms with Crippen molar-refractivity contribution in [2.24, 2.45) is 5.10 Å². The Morgan fingerprint density at radius 1 is 0.935 bits per heavy atom. The third-order valence-electron chi connectivity index (χ3n) is 4.11. The van der Waals surface area contributed by atoms with E-state index >= 15 is 0 Å². The number of carbonyl (C=O) groups is 2. The van der Waals surface area contributed by atoms with Gasteiger partial charge in [-0.3, -0.25) is 9.59 Å². The molecule has 0 bridgehead atoms. The van der Waals surface area contributed by atoms with Crippen molar-refractivity contribution in [3.8, 4) is 11.5 Å². The van der Waals surface area contributed by atoms with E-state index in [1.807, 2.05) is 24.3 Å². The summed E-state index contributed by atoms with van der Waals surface area (Å²) in [6.45, 7) is -0.0999. The maximum absolute atomic E-state index is 12.1. The standard InChI is InChI=1S/C23H20IN3O4/c1-30-20-12-4-17(5-13-20)23(29)27-25-14-16-2-10-21(11-3-16)31-15-22(28)26-19-8-6-18(24)7-9-19/h2-14H,15H2,1H3,(H,26,28)(H,27,29)/b25-14-. The van der Waals surface area contributed by atoms with Gasteiger partial charge in [-0.1, -0.05) is 0 Å². The zero-order chi connectivity index (χ0) is 22.1. The summed E-state index contributed by atoms with van der Waals surface area (Å²) in [5.74, 6) is 0.665. The molecule has 3 aromatic rings. The van der Waals surface area contributed by atoms with E-state index in [0.29, 0.717) is 17.1 Å². The molecule has 31 heavy (non-hydrogen) atoms. The van der Waals surface area contributed by atoms with Crippen molar-refractivity contribution in [1.29, 1.82) is 0 Å². The molecule has 8 heteroatoms. The molecule has 0 heterocycles. The van der Waals surface area contributed by atoms with Crippen LogP contribution in [0.15, 0.2) is 77.9 Å². The molecule has 0 aliphatic heterocycles. The lowest BCUT2D eigenvalue weighted by Crippen LogP contribution is -2.20. The second-order valence-corrected chi connectivity index (χ2v) is 7.59. The predicted molar refractivity (Wildman–Crippen MR) is 128 cm³/mol. The van der Waals surface area contributed by atoms with Gasteiger partial charge in [0, 0.05) is 14.8 Å². The van der Waals surface area contributed by atoms with Crippen LogP contribution in [-0.4, -0.2) is 31.7 Å². The minimum Gasteiger partial charge on any atom is -0.497 e. The molecule has 0 fully saturated rings. The van der Waals surface area contributed by atoms with Crippen molar-refractivity contribution in [3.63, 3.8) is 0 Å². The number of hydrogen-bond acceptors (Lipinski definition) is 5. The third-order valence-corrected chi connectivity index (χ3v) is 4.83. The van der Waals surface area contributed by atoms with Crippen LogP contribution >= 0.6 is 22.6 Å². The average molecular weight is 529 g/mol. The number of rotatable bonds is 8. The molecule has 0 saturated carbocycles. The first-order valence-electron chi connectivity index (χ1n) is 9.29. The van der Waals surface area contributed by atoms with Crippen LogP contribution < -0.4 is 20.2 Å². The molecular weight excluding hydrogens is 509 g/mol. The molecule has 158 valence electrons. The average Bonchev–Trinajstić information content (AvgIpc) is 2.80. The highest BCUT2D eigenvalue weighted by atomic mass is 127. The van der Waals surface area contributed by atoms with Gasteiger partial charge in [-0.15, -0.1) is 0 Å². The molecule has 2 N–H and O–H groups in total. The molecule has 0 spiro atoms. The minimum atomic E-state index is -0.321. The summed E-state index contributed by atoms with van der Waals surface area (Å²) < 4.78 is 11.7. The number of nitrogens with one attached hydrogen (secondary N) is 2. The lowest BCUT2D eigenvalue weighted by molar-refractivity contribution is -0.118. The third kappa shape index (κ3) is 7.10. The van der Waals surface area contributed by atoms with Gasteiger partial charge in [-0.05, 0) is 101 Å². The van der Waals surface area contributed by atoms with Crippen LogP contribution in [0.25, 0.3) is 0 Å². The Balaban J connectivity index is 1.45. The van der Waals surface area contributed by atoms with Gasteiger partial charge in [0.15, 0.2) is 6.61 Å². The molecule has 0 aromatic heterocycles. The van der Waals surface area contributed by atoms with Crippen LogP contribution in [0, 0.1) is 3.57 Å². The number of carbonyl (C=O) groups excluding carboxylic acids is 2. The topological polar surface area (TPSA) is 89.0 Å². The summed E-state index contributed by atoms with van der Waals surface area (Å²) >= 11 is 2.20. The summed E-state index contributed by atoms with van der Waals surface area (Å²) in [5.41, 5.74) is 4.44. The lowest BCUT2D eigenvalue weighted by Gasteiger charge is -2.08. The molecule has 7 nitrogen and oxygen atoms in total. The molecule has 3 aromatic carbocycles. The van der Waals surface area contributed by atoms with Gasteiger partial charge in [0.05, 0.1) is 13.3 Å². The molecule has 0 saturated heterocycles. The summed E-state index contributed by atoms with van der Waals surface area (Å²) in [6.07, 6.45) is 1.52. The number of hydrazone groups is 1. The quantitative estimate of drug-likeness (QED) is 0.262. The predicted octanol–water partition coefficient (Wildman–Crippen LogP) is 4.08. The van der Waals surface area contributed by atoms with Crippen LogP contribution in [-0.2, 0) is 4.79 Å². The monoisotopic (exact) mass is 529 g/mol. The number of ether oxygens (including phenoxy) is 2. The number of anilines is 1. The fraction of sp³-hybridized carbons (Fsp3) is 0.0870. The van der Waals surface area contributed by atoms with Gasteiger partial charge < -0.3 is 14.8 Å². The van der Waals surface area contributed by atoms with Crippen LogP contribution in [0.2, 0.25) is 0 Å². The normalized spacial score (nSPS) is 10.5. The van der Waals surface area contributed by atoms with E-state index in [1.165, 1.54) is 6.21 Å². The highest BCUT2D eigenvalue weighted by Crippen LogP contribution is 2.13. The first kappa shape index (κ1) is 22.3. The number of amides is 2. The van der Waals surface area contributed by atoms with Crippen molar-refractivity contribution < 1.29 is 19.1 Å². The highest BCUT2D eigenvalue weighted by molar-refractivity contribution is 14.1. The van der Waals surface area contributed by atoms with Gasteiger partial charge >= 0.3 is 0 Å². The molecule has 0 atom stereocenters. The second-order valence-electron chi connectivity index (χ2n) is 6.34. The minimum absolute atomic E-state index is 0.0999. The van der Waals surface area contributed by atoms with Gasteiger partial charge in [-0.2, -0.15) is 5.10 Å².